The molecule has 0 saturated carbocycles. The molecule has 0 bridgehead atoms. The van der Waals surface area contributed by atoms with Gasteiger partial charge in [0.2, 0.25) is 5.28 Å². The summed E-state index contributed by atoms with van der Waals surface area (Å²) in [5.41, 5.74) is 8.47. The van der Waals surface area contributed by atoms with E-state index in [0.717, 1.165) is 11.1 Å². The summed E-state index contributed by atoms with van der Waals surface area (Å²) >= 11 is 6.06. The molecule has 0 radical (unpaired) electrons. The minimum absolute atomic E-state index is 0.0316. The standard InChI is InChI=1S/C28H28ClN5O5/c1-4-28(14-37-25(35)18-9-5-16(2)6-10-18)20(38-26(36)19-11-7-17(3)8-12-19)13-21(39-28)34-15-31-22-23(30)32-27(29)33-24(22)34/h5-12,15,20-21H,4,13-14H2,1-3H3,(H2,30,32,33)/t20-,21+,28+/m0/s1. The van der Waals surface area contributed by atoms with E-state index >= 15 is 0 Å². The molecule has 0 unspecified atom stereocenters. The summed E-state index contributed by atoms with van der Waals surface area (Å²) in [6, 6.07) is 14.2. The predicted octanol–water partition coefficient (Wildman–Crippen LogP) is 4.83. The first-order chi connectivity index (χ1) is 18.7. The van der Waals surface area contributed by atoms with E-state index in [9.17, 15) is 9.59 Å². The van der Waals surface area contributed by atoms with Crippen molar-refractivity contribution < 1.29 is 23.8 Å². The number of imidazole rings is 1. The monoisotopic (exact) mass is 549 g/mol. The average molecular weight is 550 g/mol. The Hall–Kier alpha value is -4.02. The van der Waals surface area contributed by atoms with Crippen LogP contribution in [0, 0.1) is 13.8 Å². The minimum atomic E-state index is -1.13. The summed E-state index contributed by atoms with van der Waals surface area (Å²) in [7, 11) is 0. The number of benzene rings is 2. The third-order valence-electron chi connectivity index (χ3n) is 6.97. The van der Waals surface area contributed by atoms with Crippen LogP contribution >= 0.6 is 11.6 Å². The van der Waals surface area contributed by atoms with Gasteiger partial charge < -0.3 is 19.9 Å². The highest BCUT2D eigenvalue weighted by atomic mass is 35.5. The maximum absolute atomic E-state index is 13.1. The molecular formula is C28H28ClN5O5. The zero-order valence-corrected chi connectivity index (χ0v) is 22.5. The van der Waals surface area contributed by atoms with E-state index in [1.165, 1.54) is 6.33 Å². The number of rotatable bonds is 7. The third kappa shape index (κ3) is 5.30. The van der Waals surface area contributed by atoms with Crippen molar-refractivity contribution in [3.05, 3.63) is 82.4 Å². The molecular weight excluding hydrogens is 522 g/mol. The summed E-state index contributed by atoms with van der Waals surface area (Å²) in [5.74, 6) is -0.867. The van der Waals surface area contributed by atoms with Crippen LogP contribution in [0.15, 0.2) is 54.9 Å². The summed E-state index contributed by atoms with van der Waals surface area (Å²) < 4.78 is 19.9. The van der Waals surface area contributed by atoms with Gasteiger partial charge in [0, 0.05) is 6.42 Å². The normalized spacial score (nSPS) is 20.7. The lowest BCUT2D eigenvalue weighted by atomic mass is 9.94. The Balaban J connectivity index is 1.45. The van der Waals surface area contributed by atoms with Gasteiger partial charge in [0.15, 0.2) is 11.5 Å². The molecule has 3 heterocycles. The van der Waals surface area contributed by atoms with Crippen LogP contribution in [-0.4, -0.2) is 49.8 Å². The van der Waals surface area contributed by atoms with Gasteiger partial charge in [-0.3, -0.25) is 4.57 Å². The number of hydrogen-bond acceptors (Lipinski definition) is 9. The molecule has 0 spiro atoms. The lowest BCUT2D eigenvalue weighted by molar-refractivity contribution is -0.132. The quantitative estimate of drug-likeness (QED) is 0.254. The lowest BCUT2D eigenvalue weighted by Crippen LogP contribution is -2.46. The highest BCUT2D eigenvalue weighted by molar-refractivity contribution is 6.28. The summed E-state index contributed by atoms with van der Waals surface area (Å²) in [4.78, 5) is 38.6. The van der Waals surface area contributed by atoms with Crippen LogP contribution in [0.1, 0.15) is 57.8 Å². The number of nitrogens with zero attached hydrogens (tertiary/aromatic N) is 4. The Morgan fingerprint density at radius 1 is 1.05 bits per heavy atom. The first-order valence-electron chi connectivity index (χ1n) is 12.5. The first kappa shape index (κ1) is 26.6. The molecule has 1 aliphatic rings. The number of carbonyl (C=O) groups excluding carboxylic acids is 2. The van der Waals surface area contributed by atoms with Crippen molar-refractivity contribution in [2.75, 3.05) is 12.3 Å². The van der Waals surface area contributed by atoms with Gasteiger partial charge in [-0.1, -0.05) is 42.3 Å². The SMILES string of the molecule is CC[C@]1(COC(=O)c2ccc(C)cc2)O[C@@H](n2cnc3c(N)nc(Cl)nc32)C[C@@H]1OC(=O)c1ccc(C)cc1. The molecule has 1 aliphatic heterocycles. The number of hydrogen-bond donors (Lipinski definition) is 1. The molecule has 39 heavy (non-hydrogen) atoms. The third-order valence-corrected chi connectivity index (χ3v) is 7.14. The fraction of sp³-hybridized carbons (Fsp3) is 0.321. The van der Waals surface area contributed by atoms with Crippen LogP contribution in [0.25, 0.3) is 11.2 Å². The molecule has 3 atom stereocenters. The van der Waals surface area contributed by atoms with Crippen LogP contribution in [0.4, 0.5) is 5.82 Å². The zero-order chi connectivity index (χ0) is 27.7. The Morgan fingerprint density at radius 2 is 1.67 bits per heavy atom. The van der Waals surface area contributed by atoms with Gasteiger partial charge in [-0.15, -0.1) is 0 Å². The van der Waals surface area contributed by atoms with E-state index in [-0.39, 0.29) is 24.1 Å². The van der Waals surface area contributed by atoms with Gasteiger partial charge in [-0.05, 0) is 56.1 Å². The smallest absolute Gasteiger partial charge is 0.338 e. The minimum Gasteiger partial charge on any atom is -0.459 e. The molecule has 0 amide bonds. The van der Waals surface area contributed by atoms with Crippen LogP contribution < -0.4 is 5.73 Å². The number of esters is 2. The molecule has 1 saturated heterocycles. The average Bonchev–Trinajstić information content (AvgIpc) is 3.50. The van der Waals surface area contributed by atoms with Crippen molar-refractivity contribution in [1.29, 1.82) is 0 Å². The van der Waals surface area contributed by atoms with Crippen molar-refractivity contribution in [1.82, 2.24) is 19.5 Å². The number of aryl methyl sites for hydroxylation is 2. The van der Waals surface area contributed by atoms with Crippen molar-refractivity contribution >= 4 is 40.5 Å². The van der Waals surface area contributed by atoms with Gasteiger partial charge in [0.1, 0.15) is 30.1 Å². The maximum Gasteiger partial charge on any atom is 0.338 e. The maximum atomic E-state index is 13.1. The van der Waals surface area contributed by atoms with Crippen molar-refractivity contribution in [3.63, 3.8) is 0 Å². The first-order valence-corrected chi connectivity index (χ1v) is 12.9. The van der Waals surface area contributed by atoms with E-state index in [1.807, 2.05) is 45.0 Å². The zero-order valence-electron chi connectivity index (χ0n) is 21.8. The molecule has 5 rings (SSSR count). The number of fused-ring (bicyclic) bond motifs is 1. The number of nitrogens with two attached hydrogens (primary N) is 1. The van der Waals surface area contributed by atoms with Gasteiger partial charge in [0.25, 0.3) is 0 Å². The Kier molecular flexibility index (Phi) is 7.24. The fourth-order valence-electron chi connectivity index (χ4n) is 4.63. The highest BCUT2D eigenvalue weighted by Crippen LogP contribution is 2.42. The van der Waals surface area contributed by atoms with E-state index in [1.54, 1.807) is 28.8 Å². The van der Waals surface area contributed by atoms with Crippen molar-refractivity contribution in [3.8, 4) is 0 Å². The lowest BCUT2D eigenvalue weighted by Gasteiger charge is -2.32. The second-order valence-electron chi connectivity index (χ2n) is 9.63. The van der Waals surface area contributed by atoms with Crippen molar-refractivity contribution in [2.24, 2.45) is 0 Å². The van der Waals surface area contributed by atoms with Gasteiger partial charge in [-0.25, -0.2) is 14.6 Å². The summed E-state index contributed by atoms with van der Waals surface area (Å²) in [5, 5.41) is -0.0316. The van der Waals surface area contributed by atoms with Gasteiger partial charge >= 0.3 is 11.9 Å². The van der Waals surface area contributed by atoms with E-state index in [4.69, 9.17) is 31.5 Å². The number of carbonyl (C=O) groups is 2. The fourth-order valence-corrected chi connectivity index (χ4v) is 4.80. The van der Waals surface area contributed by atoms with Crippen LogP contribution in [0.5, 0.6) is 0 Å². The number of ether oxygens (including phenoxy) is 3. The Bertz CT molecular complexity index is 1520. The molecule has 10 nitrogen and oxygen atoms in total. The summed E-state index contributed by atoms with van der Waals surface area (Å²) in [6.45, 7) is 5.63. The van der Waals surface area contributed by atoms with Crippen LogP contribution in [0.2, 0.25) is 5.28 Å². The molecule has 1 fully saturated rings. The van der Waals surface area contributed by atoms with Gasteiger partial charge in [-0.2, -0.15) is 9.97 Å². The van der Waals surface area contributed by atoms with E-state index in [0.29, 0.717) is 28.7 Å². The highest BCUT2D eigenvalue weighted by Gasteiger charge is 2.52. The Labute approximate surface area is 230 Å². The predicted molar refractivity (Wildman–Crippen MR) is 144 cm³/mol. The Morgan fingerprint density at radius 3 is 2.28 bits per heavy atom. The van der Waals surface area contributed by atoms with E-state index in [2.05, 4.69) is 15.0 Å². The second-order valence-corrected chi connectivity index (χ2v) is 9.97. The molecule has 202 valence electrons. The molecule has 2 N–H and O–H groups in total. The van der Waals surface area contributed by atoms with Crippen LogP contribution in [-0.2, 0) is 14.2 Å². The topological polar surface area (TPSA) is 131 Å². The molecule has 2 aromatic heterocycles. The van der Waals surface area contributed by atoms with Crippen molar-refractivity contribution in [2.45, 2.75) is 51.5 Å². The summed E-state index contributed by atoms with van der Waals surface area (Å²) in [6.07, 6.45) is 0.759. The number of nitrogen functional groups attached to an aromatic ring is 1. The molecule has 2 aromatic carbocycles. The number of halogens is 1. The molecule has 4 aromatic rings. The largest absolute Gasteiger partial charge is 0.459 e. The van der Waals surface area contributed by atoms with Gasteiger partial charge in [0.05, 0.1) is 17.5 Å². The van der Waals surface area contributed by atoms with E-state index < -0.39 is 29.9 Å². The number of anilines is 1. The second kappa shape index (κ2) is 10.6. The molecule has 11 heteroatoms. The number of aromatic nitrogens is 4. The molecule has 0 aliphatic carbocycles. The van der Waals surface area contributed by atoms with Crippen LogP contribution in [0.3, 0.4) is 0 Å².